The van der Waals surface area contributed by atoms with Crippen LogP contribution < -0.4 is 10.9 Å². The number of aromatic nitrogens is 3. The van der Waals surface area contributed by atoms with E-state index in [1.165, 1.54) is 26.1 Å². The molecule has 12 heteroatoms. The van der Waals surface area contributed by atoms with Gasteiger partial charge in [-0.25, -0.2) is 14.1 Å². The fraction of sp³-hybridized carbons (Fsp3) is 0.562. The Bertz CT molecular complexity index is 1650. The van der Waals surface area contributed by atoms with Crippen molar-refractivity contribution in [1.82, 2.24) is 19.7 Å². The van der Waals surface area contributed by atoms with E-state index in [1.807, 2.05) is 6.07 Å². The molecule has 1 amide bonds. The Labute approximate surface area is 254 Å². The highest BCUT2D eigenvalue weighted by molar-refractivity contribution is 5.89. The second-order valence-corrected chi connectivity index (χ2v) is 12.7. The molecule has 1 aliphatic carbocycles. The van der Waals surface area contributed by atoms with Crippen molar-refractivity contribution in [3.05, 3.63) is 62.8 Å². The van der Waals surface area contributed by atoms with E-state index in [1.54, 1.807) is 18.9 Å². The number of hydrogen-bond acceptors (Lipinski definition) is 7. The van der Waals surface area contributed by atoms with Crippen molar-refractivity contribution < 1.29 is 27.8 Å². The Kier molecular flexibility index (Phi) is 8.30. The quantitative estimate of drug-likeness (QED) is 0.356. The fourth-order valence-electron chi connectivity index (χ4n) is 6.54. The molecule has 1 aromatic carbocycles. The number of carbonyl (C=O) groups excluding carboxylic acids is 1. The van der Waals surface area contributed by atoms with Gasteiger partial charge in [0, 0.05) is 51.1 Å². The number of ether oxygens (including phenoxy) is 1. The summed E-state index contributed by atoms with van der Waals surface area (Å²) in [5.41, 5.74) is -3.00. The van der Waals surface area contributed by atoms with Crippen molar-refractivity contribution in [3.63, 3.8) is 0 Å². The number of methoxy groups -OCH3 is 1. The van der Waals surface area contributed by atoms with Gasteiger partial charge in [0.25, 0.3) is 5.56 Å². The summed E-state index contributed by atoms with van der Waals surface area (Å²) >= 11 is 0. The van der Waals surface area contributed by atoms with Crippen molar-refractivity contribution in [2.45, 2.75) is 88.9 Å². The van der Waals surface area contributed by atoms with Gasteiger partial charge in [0.1, 0.15) is 22.5 Å². The van der Waals surface area contributed by atoms with E-state index in [-0.39, 0.29) is 28.7 Å². The molecule has 2 aliphatic rings. The summed E-state index contributed by atoms with van der Waals surface area (Å²) in [6.45, 7) is 5.81. The molecule has 0 spiro atoms. The first-order valence-electron chi connectivity index (χ1n) is 15.0. The normalized spacial score (nSPS) is 20.5. The van der Waals surface area contributed by atoms with Crippen LogP contribution in [0.2, 0.25) is 0 Å². The van der Waals surface area contributed by atoms with Gasteiger partial charge in [0.2, 0.25) is 5.91 Å². The molecule has 0 radical (unpaired) electrons. The number of benzene rings is 1. The second kappa shape index (κ2) is 11.4. The number of nitrogens with one attached hydrogen (secondary N) is 1. The van der Waals surface area contributed by atoms with Crippen LogP contribution >= 0.6 is 0 Å². The number of rotatable bonds is 8. The number of nitrogens with zero attached hydrogens (tertiary/aromatic N) is 4. The first kappa shape index (κ1) is 31.9. The third-order valence-corrected chi connectivity index (χ3v) is 9.31. The molecule has 1 saturated heterocycles. The van der Waals surface area contributed by atoms with Crippen LogP contribution in [-0.2, 0) is 28.1 Å². The lowest BCUT2D eigenvalue weighted by atomic mass is 9.85. The van der Waals surface area contributed by atoms with Crippen LogP contribution in [0.3, 0.4) is 0 Å². The van der Waals surface area contributed by atoms with E-state index in [4.69, 9.17) is 9.72 Å². The number of likely N-dealkylation sites (tertiary alicyclic amines) is 1. The van der Waals surface area contributed by atoms with E-state index in [2.05, 4.69) is 10.4 Å². The Morgan fingerprint density at radius 2 is 1.93 bits per heavy atom. The Morgan fingerprint density at radius 3 is 2.52 bits per heavy atom. The lowest BCUT2D eigenvalue weighted by Gasteiger charge is -2.32. The molecule has 2 N–H and O–H groups in total. The zero-order valence-corrected chi connectivity index (χ0v) is 26.0. The highest BCUT2D eigenvalue weighted by atomic mass is 19.3. The molecule has 2 atom stereocenters. The van der Waals surface area contributed by atoms with Gasteiger partial charge in [-0.2, -0.15) is 13.9 Å². The number of anilines is 1. The molecule has 2 fully saturated rings. The van der Waals surface area contributed by atoms with Gasteiger partial charge in [-0.3, -0.25) is 9.59 Å². The number of carbonyl (C=O) groups is 1. The first-order valence-corrected chi connectivity index (χ1v) is 15.0. The highest BCUT2D eigenvalue weighted by Gasteiger charge is 2.49. The highest BCUT2D eigenvalue weighted by Crippen LogP contribution is 2.45. The number of hydrogen-bond donors (Lipinski definition) is 2. The minimum atomic E-state index is -3.85. The summed E-state index contributed by atoms with van der Waals surface area (Å²) in [7, 11) is 3.10. The zero-order chi connectivity index (χ0) is 32.2. The zero-order valence-electron chi connectivity index (χ0n) is 26.0. The summed E-state index contributed by atoms with van der Waals surface area (Å²) in [5, 5.41) is 18.0. The van der Waals surface area contributed by atoms with Gasteiger partial charge in [-0.1, -0.05) is 25.0 Å². The number of halogens is 3. The number of fused-ring (bicyclic) bond motifs is 1. The third kappa shape index (κ3) is 5.36. The van der Waals surface area contributed by atoms with Gasteiger partial charge < -0.3 is 20.1 Å². The largest absolute Gasteiger partial charge is 0.384 e. The summed E-state index contributed by atoms with van der Waals surface area (Å²) in [6, 6.07) is 4.64. The average Bonchev–Trinajstić information content (AvgIpc) is 3.66. The molecule has 1 saturated carbocycles. The molecule has 5 rings (SSSR count). The van der Waals surface area contributed by atoms with Crippen LogP contribution in [0.15, 0.2) is 29.1 Å². The van der Waals surface area contributed by atoms with Crippen molar-refractivity contribution in [3.8, 4) is 0 Å². The van der Waals surface area contributed by atoms with Crippen molar-refractivity contribution in [2.75, 3.05) is 25.5 Å². The Balaban J connectivity index is 1.65. The minimum Gasteiger partial charge on any atom is -0.384 e. The molecule has 1 unspecified atom stereocenters. The molecule has 2 aromatic heterocycles. The van der Waals surface area contributed by atoms with Gasteiger partial charge in [-0.05, 0) is 45.7 Å². The Morgan fingerprint density at radius 1 is 1.25 bits per heavy atom. The third-order valence-electron chi connectivity index (χ3n) is 9.31. The van der Waals surface area contributed by atoms with E-state index < -0.39 is 40.1 Å². The summed E-state index contributed by atoms with van der Waals surface area (Å²) in [4.78, 5) is 32.4. The second-order valence-electron chi connectivity index (χ2n) is 12.7. The van der Waals surface area contributed by atoms with Crippen LogP contribution in [0.1, 0.15) is 94.1 Å². The maximum absolute atomic E-state index is 15.6. The topological polar surface area (TPSA) is 110 Å². The Hall–Kier alpha value is -3.51. The van der Waals surface area contributed by atoms with Crippen LogP contribution in [0, 0.1) is 5.82 Å². The van der Waals surface area contributed by atoms with Crippen LogP contribution in [-0.4, -0.2) is 56.5 Å². The number of pyridine rings is 1. The lowest BCUT2D eigenvalue weighted by molar-refractivity contribution is -0.170. The van der Waals surface area contributed by atoms with Crippen molar-refractivity contribution >= 4 is 22.6 Å². The van der Waals surface area contributed by atoms with Crippen LogP contribution in [0.25, 0.3) is 10.9 Å². The smallest absolute Gasteiger partial charge is 0.303 e. The molecule has 44 heavy (non-hydrogen) atoms. The molecule has 238 valence electrons. The number of amides is 1. The van der Waals surface area contributed by atoms with E-state index in [0.29, 0.717) is 24.9 Å². The molecule has 3 heterocycles. The molecule has 1 aliphatic heterocycles. The maximum atomic E-state index is 15.6. The van der Waals surface area contributed by atoms with Crippen molar-refractivity contribution in [2.24, 2.45) is 7.05 Å². The first-order chi connectivity index (χ1) is 20.6. The van der Waals surface area contributed by atoms with Gasteiger partial charge in [0.05, 0.1) is 29.2 Å². The number of aliphatic hydroxyl groups is 1. The number of alkyl halides is 2. The lowest BCUT2D eigenvalue weighted by Crippen LogP contribution is -2.41. The van der Waals surface area contributed by atoms with E-state index in [9.17, 15) is 23.5 Å². The number of aryl methyl sites for hydroxylation is 1. The molecular formula is C32H40F3N5O4. The summed E-state index contributed by atoms with van der Waals surface area (Å²) in [6.07, 6.45) is 4.46. The minimum absolute atomic E-state index is 0.0627. The predicted octanol–water partition coefficient (Wildman–Crippen LogP) is 5.25. The van der Waals surface area contributed by atoms with Gasteiger partial charge in [-0.15, -0.1) is 0 Å². The van der Waals surface area contributed by atoms with E-state index >= 15 is 4.39 Å². The molecule has 9 nitrogen and oxygen atoms in total. The molecule has 0 bridgehead atoms. The maximum Gasteiger partial charge on any atom is 0.303 e. The predicted molar refractivity (Wildman–Crippen MR) is 160 cm³/mol. The fourth-order valence-corrected chi connectivity index (χ4v) is 6.54. The SMILES string of the molecule is COC1(c2cc3c(N[C@H](C)c4cccc(C(F)(F)C(C)(C)O)c4F)nn(C)c(=O)c3nc2C2CCCC2)CCN(C(C)=O)C1. The molecular weight excluding hydrogens is 575 g/mol. The van der Waals surface area contributed by atoms with E-state index in [0.717, 1.165) is 61.5 Å². The van der Waals surface area contributed by atoms with Gasteiger partial charge >= 0.3 is 5.92 Å². The van der Waals surface area contributed by atoms with Gasteiger partial charge in [0.15, 0.2) is 5.82 Å². The monoisotopic (exact) mass is 615 g/mol. The average molecular weight is 616 g/mol. The van der Waals surface area contributed by atoms with Crippen LogP contribution in [0.4, 0.5) is 19.0 Å². The van der Waals surface area contributed by atoms with Crippen molar-refractivity contribution in [1.29, 1.82) is 0 Å². The summed E-state index contributed by atoms with van der Waals surface area (Å²) in [5.74, 6) is -4.73. The van der Waals surface area contributed by atoms with Crippen LogP contribution in [0.5, 0.6) is 0 Å². The standard InChI is InChI=1S/C32H40F3N5O4/c1-18(21-12-9-13-23(25(21)33)32(34,35)30(3,4)43)36-28-22-16-24(31(44-6)14-15-40(17-31)19(2)41)26(20-10-7-8-11-20)37-27(22)29(42)39(5)38-28/h9,12-13,16,18,20,43H,7-8,10-11,14-15,17H2,1-6H3,(H,36,38)/t18-,31?/m1/s1. The summed E-state index contributed by atoms with van der Waals surface area (Å²) < 4.78 is 52.9. The molecule has 3 aromatic rings.